The average molecular weight is 1800 g/mol. The summed E-state index contributed by atoms with van der Waals surface area (Å²) < 4.78 is 4.81. The van der Waals surface area contributed by atoms with Gasteiger partial charge in [-0.15, -0.1) is 0 Å². The van der Waals surface area contributed by atoms with Crippen LogP contribution in [0.5, 0.6) is 0 Å². The van der Waals surface area contributed by atoms with Crippen LogP contribution >= 0.6 is 0 Å². The Bertz CT molecular complexity index is 8480. The summed E-state index contributed by atoms with van der Waals surface area (Å²) in [5.74, 6) is 0. The highest BCUT2D eigenvalue weighted by molar-refractivity contribution is 6.19. The Morgan fingerprint density at radius 2 is 0.376 bits per heavy atom. The van der Waals surface area contributed by atoms with Gasteiger partial charge in [0.05, 0.1) is 27.8 Å². The zero-order chi connectivity index (χ0) is 95.2. The predicted octanol–water partition coefficient (Wildman–Crippen LogP) is 31.0. The minimum absolute atomic E-state index is 0.0323. The third kappa shape index (κ3) is 16.9. The van der Waals surface area contributed by atoms with Gasteiger partial charge in [0.2, 0.25) is 0 Å². The molecule has 5 aromatic heterocycles. The first-order valence-corrected chi connectivity index (χ1v) is 46.2. The molecule has 0 amide bonds. The number of nitrogens with zero attached hydrogens (tertiary/aromatic N) is 15. The summed E-state index contributed by atoms with van der Waals surface area (Å²) in [6.45, 7) is 1.58. The number of benzene rings is 19. The molecule has 0 aliphatic carbocycles. The molecular formula is C126H79N15. The quantitative estimate of drug-likeness (QED) is 0.0825. The van der Waals surface area contributed by atoms with Gasteiger partial charge in [-0.1, -0.05) is 328 Å². The summed E-state index contributed by atoms with van der Waals surface area (Å²) in [6, 6.07) is 175. The first-order chi connectivity index (χ1) is 69.6. The first-order valence-electron chi connectivity index (χ1n) is 46.2. The van der Waals surface area contributed by atoms with E-state index in [4.69, 9.17) is 0 Å². The molecule has 0 fully saturated rings. The van der Waals surface area contributed by atoms with Crippen molar-refractivity contribution in [2.24, 2.45) is 0 Å². The van der Waals surface area contributed by atoms with Crippen LogP contribution in [-0.4, -0.2) is 39.0 Å². The van der Waals surface area contributed by atoms with Gasteiger partial charge in [-0.25, -0.2) is 29.9 Å². The molecule has 141 heavy (non-hydrogen) atoms. The lowest BCUT2D eigenvalue weighted by atomic mass is 10.0. The van der Waals surface area contributed by atoms with Gasteiger partial charge in [0.25, 0.3) is 0 Å². The fourth-order valence-electron chi connectivity index (χ4n) is 18.8. The van der Waals surface area contributed by atoms with Crippen molar-refractivity contribution < 1.29 is 0 Å². The fourth-order valence-corrected chi connectivity index (χ4v) is 18.8. The Balaban J connectivity index is 0.000000129. The van der Waals surface area contributed by atoms with Crippen LogP contribution in [0, 0.1) is 63.6 Å². The Morgan fingerprint density at radius 1 is 0.177 bits per heavy atom. The zero-order valence-electron chi connectivity index (χ0n) is 76.1. The second-order valence-electron chi connectivity index (χ2n) is 34.1. The van der Waals surface area contributed by atoms with Crippen molar-refractivity contribution in [3.05, 3.63) is 495 Å². The molecule has 15 nitrogen and oxygen atoms in total. The van der Waals surface area contributed by atoms with Crippen molar-refractivity contribution >= 4 is 111 Å². The molecule has 24 rings (SSSR count). The van der Waals surface area contributed by atoms with Gasteiger partial charge in [0, 0.05) is 67.0 Å². The Kier molecular flexibility index (Phi) is 23.3. The molecule has 15 heteroatoms. The van der Waals surface area contributed by atoms with E-state index in [1.165, 1.54) is 122 Å². The molecule has 19 aromatic carbocycles. The van der Waals surface area contributed by atoms with Gasteiger partial charge in [-0.2, -0.15) is 26.3 Å². The maximum absolute atomic E-state index is 9.31. The maximum atomic E-state index is 9.31. The molecule has 0 radical (unpaired) electrons. The first kappa shape index (κ1) is 86.3. The second-order valence-corrected chi connectivity index (χ2v) is 34.1. The van der Waals surface area contributed by atoms with Crippen molar-refractivity contribution in [3.8, 4) is 131 Å². The van der Waals surface area contributed by atoms with E-state index in [-0.39, 0.29) is 61.6 Å². The monoisotopic (exact) mass is 1800 g/mol. The minimum atomic E-state index is -0.245. The Labute approximate surface area is 813 Å². The van der Waals surface area contributed by atoms with E-state index in [0.717, 1.165) is 56.6 Å². The maximum Gasteiger partial charge on any atom is 0.177 e. The van der Waals surface area contributed by atoms with E-state index in [0.29, 0.717) is 5.69 Å². The Morgan fingerprint density at radius 3 is 0.638 bits per heavy atom. The standard InChI is InChI=1S/C60H44N2.C48H32N2.C18H3N11/c1-5-13-45(14-6-1)49-21-33-55(34-22-49)61(56-35-23-50(24-36-56)46-15-7-2-8-16-46)59-41-29-53(30-42-59)54-31-43-60(44-32-54)62(57-37-25-51(26-38-57)47-17-9-3-10-18-47)58-39-27-52(28-40-58)48-19-11-4-12-20-48;1-3-13-33(14-4-1)35-17-11-19-39(29-35)49-45-23-9-7-21-41(45)43-31-37(25-27-47(43)49)38-26-28-48-44(32-38)42-22-8-10-24-46(42)50(48)40-20-12-18-36(30-40)34-15-5-2-6-16-34;1-7-8(2-19)25-14-13(24-7)15-17(28-10(4-21)9(3-20)26-15)18-16(14)27-11(5-22)12(6-23)29-18/h1-44H;1-32H;1H3. The molecule has 0 aliphatic heterocycles. The summed E-state index contributed by atoms with van der Waals surface area (Å²) in [4.78, 5) is 30.0. The Hall–Kier alpha value is -20.2. The molecule has 24 aromatic rings. The summed E-state index contributed by atoms with van der Waals surface area (Å²) in [7, 11) is 0. The van der Waals surface area contributed by atoms with Crippen molar-refractivity contribution in [1.82, 2.24) is 39.0 Å². The molecule has 0 saturated heterocycles. The molecule has 0 bridgehead atoms. The summed E-state index contributed by atoms with van der Waals surface area (Å²) in [6.07, 6.45) is 0. The van der Waals surface area contributed by atoms with Crippen LogP contribution in [0.15, 0.2) is 461 Å². The van der Waals surface area contributed by atoms with Crippen LogP contribution in [0.1, 0.15) is 34.2 Å². The second kappa shape index (κ2) is 38.1. The highest BCUT2D eigenvalue weighted by Gasteiger charge is 2.26. The molecular weight excluding hydrogens is 1720 g/mol. The molecule has 658 valence electrons. The molecule has 0 saturated carbocycles. The number of anilines is 6. The van der Waals surface area contributed by atoms with Crippen LogP contribution in [0.2, 0.25) is 0 Å². The lowest BCUT2D eigenvalue weighted by Gasteiger charge is -2.27. The van der Waals surface area contributed by atoms with Gasteiger partial charge in [-0.3, -0.25) is 0 Å². The average Bonchev–Trinajstić information content (AvgIpc) is 1.68. The van der Waals surface area contributed by atoms with Gasteiger partial charge in [-0.05, 0) is 229 Å². The molecule has 0 atom stereocenters. The summed E-state index contributed by atoms with van der Waals surface area (Å²) in [5.41, 5.74) is 33.0. The van der Waals surface area contributed by atoms with Crippen LogP contribution < -0.4 is 9.80 Å². The summed E-state index contributed by atoms with van der Waals surface area (Å²) >= 11 is 0. The minimum Gasteiger partial charge on any atom is -0.311 e. The molecule has 0 N–H and O–H groups in total. The van der Waals surface area contributed by atoms with Crippen molar-refractivity contribution in [2.75, 3.05) is 9.80 Å². The fraction of sp³-hybridized carbons (Fsp3) is 0.00794. The van der Waals surface area contributed by atoms with Gasteiger partial charge in [0.15, 0.2) is 28.5 Å². The predicted molar refractivity (Wildman–Crippen MR) is 568 cm³/mol. The number of para-hydroxylation sites is 2. The third-order valence-corrected chi connectivity index (χ3v) is 25.7. The lowest BCUT2D eigenvalue weighted by molar-refractivity contribution is 1.13. The number of aromatic nitrogens is 8. The number of fused-ring (bicyclic) bond motifs is 12. The van der Waals surface area contributed by atoms with Gasteiger partial charge < -0.3 is 18.9 Å². The van der Waals surface area contributed by atoms with Crippen LogP contribution in [0.25, 0.3) is 177 Å². The van der Waals surface area contributed by atoms with E-state index < -0.39 is 0 Å². The number of hydrogen-bond donors (Lipinski definition) is 0. The highest BCUT2D eigenvalue weighted by Crippen LogP contribution is 2.45. The lowest BCUT2D eigenvalue weighted by Crippen LogP contribution is -2.10. The number of aryl methyl sites for hydroxylation is 1. The zero-order valence-corrected chi connectivity index (χ0v) is 76.1. The van der Waals surface area contributed by atoms with Gasteiger partial charge >= 0.3 is 0 Å². The van der Waals surface area contributed by atoms with E-state index in [1.54, 1.807) is 31.2 Å². The van der Waals surface area contributed by atoms with E-state index in [1.807, 2.05) is 6.07 Å². The van der Waals surface area contributed by atoms with E-state index >= 15 is 0 Å². The molecule has 5 heterocycles. The topological polar surface area (TPSA) is 213 Å². The van der Waals surface area contributed by atoms with Crippen molar-refractivity contribution in [2.45, 2.75) is 6.92 Å². The van der Waals surface area contributed by atoms with Crippen LogP contribution in [0.3, 0.4) is 0 Å². The van der Waals surface area contributed by atoms with Crippen LogP contribution in [-0.2, 0) is 0 Å². The van der Waals surface area contributed by atoms with Crippen molar-refractivity contribution in [1.29, 1.82) is 26.3 Å². The van der Waals surface area contributed by atoms with E-state index in [9.17, 15) is 26.3 Å². The molecule has 0 unspecified atom stereocenters. The van der Waals surface area contributed by atoms with Crippen molar-refractivity contribution in [3.63, 3.8) is 0 Å². The normalized spacial score (nSPS) is 11.0. The summed E-state index contributed by atoms with van der Waals surface area (Å²) in [5, 5.41) is 51.5. The molecule has 0 aliphatic rings. The van der Waals surface area contributed by atoms with Gasteiger partial charge in [0.1, 0.15) is 63.4 Å². The highest BCUT2D eigenvalue weighted by atomic mass is 15.1. The van der Waals surface area contributed by atoms with Crippen LogP contribution in [0.4, 0.5) is 34.1 Å². The smallest absolute Gasteiger partial charge is 0.177 e. The number of rotatable bonds is 16. The number of nitriles is 5. The number of hydrogen-bond acceptors (Lipinski definition) is 13. The van der Waals surface area contributed by atoms with E-state index in [2.05, 4.69) is 510 Å². The SMILES string of the molecule is Cc1nc2c(nc1C#N)c1nc(C#N)c(C#N)nc1c1nc(C#N)c(C#N)nc21.c1ccc(-c2ccc(N(c3ccc(-c4ccccc4)cc3)c3ccc(-c4ccc(N(c5ccc(-c6ccccc6)cc5)c5ccc(-c6ccccc6)cc5)cc4)cc3)cc2)cc1.c1ccc(-c2cccc(-n3c4ccccc4c4cc(-c5ccc6c(c5)c5ccccc5n6-c5cccc(-c6ccccc6)c5)ccc43)c2)cc1. The third-order valence-electron chi connectivity index (χ3n) is 25.7. The largest absolute Gasteiger partial charge is 0.311 e. The molecule has 0 spiro atoms.